The van der Waals surface area contributed by atoms with Crippen LogP contribution in [0.15, 0.2) is 47.3 Å². The van der Waals surface area contributed by atoms with Gasteiger partial charge in [0.05, 0.1) is 16.6 Å². The fourth-order valence-electron chi connectivity index (χ4n) is 1.93. The molecule has 0 bridgehead atoms. The molecule has 0 fully saturated rings. The Morgan fingerprint density at radius 2 is 1.83 bits per heavy atom. The van der Waals surface area contributed by atoms with Gasteiger partial charge < -0.3 is 0 Å². The molecule has 1 heterocycles. The number of halogens is 2. The van der Waals surface area contributed by atoms with Gasteiger partial charge in [0.25, 0.3) is 5.56 Å². The molecule has 0 radical (unpaired) electrons. The molecule has 3 rings (SSSR count). The number of rotatable bonds is 1. The summed E-state index contributed by atoms with van der Waals surface area (Å²) < 4.78 is 28.1. The van der Waals surface area contributed by atoms with Crippen LogP contribution in [0.5, 0.6) is 0 Å². The van der Waals surface area contributed by atoms with Crippen LogP contribution in [-0.4, -0.2) is 9.78 Å². The second-order valence-electron chi connectivity index (χ2n) is 3.89. The van der Waals surface area contributed by atoms with Gasteiger partial charge in [0.1, 0.15) is 11.6 Å². The van der Waals surface area contributed by atoms with Gasteiger partial charge in [-0.25, -0.2) is 13.5 Å². The molecule has 0 atom stereocenters. The number of nitrogens with zero attached hydrogens (tertiary/aromatic N) is 1. The summed E-state index contributed by atoms with van der Waals surface area (Å²) in [5.41, 5.74) is 0.204. The van der Waals surface area contributed by atoms with Crippen LogP contribution >= 0.6 is 0 Å². The molecule has 1 N–H and O–H groups in total. The summed E-state index contributed by atoms with van der Waals surface area (Å²) in [6.07, 6.45) is 0. The van der Waals surface area contributed by atoms with Crippen LogP contribution in [0, 0.1) is 11.6 Å². The Morgan fingerprint density at radius 1 is 1.06 bits per heavy atom. The molecule has 3 aromatic rings. The van der Waals surface area contributed by atoms with Crippen LogP contribution in [0.4, 0.5) is 8.78 Å². The van der Waals surface area contributed by atoms with E-state index in [0.29, 0.717) is 5.52 Å². The van der Waals surface area contributed by atoms with Gasteiger partial charge >= 0.3 is 0 Å². The Labute approximate surface area is 100 Å². The largest absolute Gasteiger partial charge is 0.272 e. The van der Waals surface area contributed by atoms with Crippen LogP contribution in [0.3, 0.4) is 0 Å². The highest BCUT2D eigenvalue weighted by molar-refractivity contribution is 5.80. The molecule has 0 aliphatic rings. The zero-order valence-corrected chi connectivity index (χ0v) is 9.15. The van der Waals surface area contributed by atoms with Gasteiger partial charge in [0.15, 0.2) is 0 Å². The molecular formula is C13H8F2N2O. The topological polar surface area (TPSA) is 37.8 Å². The van der Waals surface area contributed by atoms with Crippen molar-refractivity contribution in [2.75, 3.05) is 0 Å². The first-order valence-corrected chi connectivity index (χ1v) is 5.32. The lowest BCUT2D eigenvalue weighted by Gasteiger charge is -2.05. The van der Waals surface area contributed by atoms with Gasteiger partial charge in [-0.15, -0.1) is 0 Å². The van der Waals surface area contributed by atoms with E-state index in [4.69, 9.17) is 0 Å². The van der Waals surface area contributed by atoms with Crippen molar-refractivity contribution in [3.8, 4) is 5.69 Å². The second-order valence-corrected chi connectivity index (χ2v) is 3.89. The standard InChI is InChI=1S/C13H8F2N2O/c14-8-5-6-11-9(7-8)13(18)16-17(11)12-4-2-1-3-10(12)15/h1-7H,(H,16,18). The van der Waals surface area contributed by atoms with Crippen molar-refractivity contribution >= 4 is 10.9 Å². The second kappa shape index (κ2) is 3.80. The average molecular weight is 246 g/mol. The Balaban J connectivity index is 2.38. The van der Waals surface area contributed by atoms with Gasteiger partial charge in [-0.2, -0.15) is 0 Å². The van der Waals surface area contributed by atoms with Crippen molar-refractivity contribution in [1.29, 1.82) is 0 Å². The van der Waals surface area contributed by atoms with Crippen LogP contribution in [0.1, 0.15) is 0 Å². The molecule has 3 nitrogen and oxygen atoms in total. The molecule has 0 spiro atoms. The Bertz CT molecular complexity index is 789. The number of H-pyrrole nitrogens is 1. The van der Waals surface area contributed by atoms with Crippen molar-refractivity contribution in [3.05, 3.63) is 64.5 Å². The molecule has 0 aliphatic carbocycles. The third-order valence-corrected chi connectivity index (χ3v) is 2.75. The fraction of sp³-hybridized carbons (Fsp3) is 0. The SMILES string of the molecule is O=c1[nH]n(-c2ccccc2F)c2ccc(F)cc12. The Hall–Kier alpha value is -2.43. The highest BCUT2D eigenvalue weighted by Gasteiger charge is 2.11. The smallest absolute Gasteiger partial charge is 0.267 e. The van der Waals surface area contributed by atoms with E-state index < -0.39 is 17.2 Å². The molecule has 0 saturated carbocycles. The minimum atomic E-state index is -0.501. The summed E-state index contributed by atoms with van der Waals surface area (Å²) in [6.45, 7) is 0. The first-order valence-electron chi connectivity index (χ1n) is 5.32. The lowest BCUT2D eigenvalue weighted by atomic mass is 10.2. The molecule has 0 aliphatic heterocycles. The van der Waals surface area contributed by atoms with Gasteiger partial charge in [-0.1, -0.05) is 12.1 Å². The monoisotopic (exact) mass is 246 g/mol. The molecule has 18 heavy (non-hydrogen) atoms. The summed E-state index contributed by atoms with van der Waals surface area (Å²) in [6, 6.07) is 9.85. The summed E-state index contributed by atoms with van der Waals surface area (Å²) in [5, 5.41) is 2.68. The predicted octanol–water partition coefficient (Wildman–Crippen LogP) is 2.60. The highest BCUT2D eigenvalue weighted by atomic mass is 19.1. The zero-order valence-electron chi connectivity index (χ0n) is 9.15. The van der Waals surface area contributed by atoms with Crippen molar-refractivity contribution in [2.45, 2.75) is 0 Å². The predicted molar refractivity (Wildman–Crippen MR) is 63.8 cm³/mol. The van der Waals surface area contributed by atoms with Crippen molar-refractivity contribution in [1.82, 2.24) is 9.78 Å². The number of benzene rings is 2. The minimum Gasteiger partial charge on any atom is -0.267 e. The molecule has 0 amide bonds. The fourth-order valence-corrected chi connectivity index (χ4v) is 1.93. The first-order chi connectivity index (χ1) is 8.66. The maximum absolute atomic E-state index is 13.7. The number of hydrogen-bond donors (Lipinski definition) is 1. The summed E-state index contributed by atoms with van der Waals surface area (Å²) in [5.74, 6) is -0.964. The van der Waals surface area contributed by atoms with E-state index in [2.05, 4.69) is 5.10 Å². The van der Waals surface area contributed by atoms with E-state index in [1.165, 1.54) is 28.9 Å². The lowest BCUT2D eigenvalue weighted by molar-refractivity contribution is 0.612. The van der Waals surface area contributed by atoms with Crippen molar-refractivity contribution in [3.63, 3.8) is 0 Å². The summed E-state index contributed by atoms with van der Waals surface area (Å²) in [4.78, 5) is 11.7. The third-order valence-electron chi connectivity index (χ3n) is 2.75. The van der Waals surface area contributed by atoms with Crippen LogP contribution in [0.2, 0.25) is 0 Å². The summed E-state index contributed by atoms with van der Waals surface area (Å²) >= 11 is 0. The van der Waals surface area contributed by atoms with E-state index >= 15 is 0 Å². The number of hydrogen-bond acceptors (Lipinski definition) is 1. The maximum Gasteiger partial charge on any atom is 0.272 e. The average Bonchev–Trinajstić information content (AvgIpc) is 2.67. The highest BCUT2D eigenvalue weighted by Crippen LogP contribution is 2.18. The number of nitrogens with one attached hydrogen (secondary N) is 1. The van der Waals surface area contributed by atoms with E-state index in [-0.39, 0.29) is 11.1 Å². The molecule has 0 unspecified atom stereocenters. The number of para-hydroxylation sites is 1. The number of aromatic nitrogens is 2. The molecule has 2 aromatic carbocycles. The first kappa shape index (κ1) is 10.7. The maximum atomic E-state index is 13.7. The quantitative estimate of drug-likeness (QED) is 0.704. The van der Waals surface area contributed by atoms with E-state index in [1.807, 2.05) is 0 Å². The zero-order chi connectivity index (χ0) is 12.7. The van der Waals surface area contributed by atoms with Crippen molar-refractivity contribution < 1.29 is 8.78 Å². The van der Waals surface area contributed by atoms with E-state index in [9.17, 15) is 13.6 Å². The van der Waals surface area contributed by atoms with Crippen LogP contribution in [-0.2, 0) is 0 Å². The molecular weight excluding hydrogens is 238 g/mol. The Kier molecular flexibility index (Phi) is 2.26. The number of aromatic amines is 1. The molecule has 90 valence electrons. The normalized spacial score (nSPS) is 11.0. The van der Waals surface area contributed by atoms with Gasteiger partial charge in [0.2, 0.25) is 0 Å². The van der Waals surface area contributed by atoms with Crippen molar-refractivity contribution in [2.24, 2.45) is 0 Å². The number of fused-ring (bicyclic) bond motifs is 1. The van der Waals surface area contributed by atoms with Gasteiger partial charge in [0, 0.05) is 0 Å². The Morgan fingerprint density at radius 3 is 2.61 bits per heavy atom. The van der Waals surface area contributed by atoms with E-state index in [0.717, 1.165) is 6.07 Å². The van der Waals surface area contributed by atoms with Crippen LogP contribution < -0.4 is 5.56 Å². The minimum absolute atomic E-state index is 0.193. The third kappa shape index (κ3) is 1.52. The molecule has 1 aromatic heterocycles. The van der Waals surface area contributed by atoms with Gasteiger partial charge in [-0.05, 0) is 30.3 Å². The van der Waals surface area contributed by atoms with Gasteiger partial charge in [-0.3, -0.25) is 9.89 Å². The summed E-state index contributed by atoms with van der Waals surface area (Å²) in [7, 11) is 0. The van der Waals surface area contributed by atoms with E-state index in [1.54, 1.807) is 12.1 Å². The lowest BCUT2D eigenvalue weighted by Crippen LogP contribution is -2.05. The molecule has 5 heteroatoms. The van der Waals surface area contributed by atoms with Crippen LogP contribution in [0.25, 0.3) is 16.6 Å². The molecule has 0 saturated heterocycles.